The molecule has 1 N–H and O–H groups in total. The molecule has 0 bridgehead atoms. The van der Waals surface area contributed by atoms with Crippen LogP contribution in [0.5, 0.6) is 0 Å². The van der Waals surface area contributed by atoms with Gasteiger partial charge in [0.15, 0.2) is 0 Å². The second-order valence-corrected chi connectivity index (χ2v) is 7.21. The Kier molecular flexibility index (Phi) is 5.36. The summed E-state index contributed by atoms with van der Waals surface area (Å²) in [6.07, 6.45) is 1.53. The summed E-state index contributed by atoms with van der Waals surface area (Å²) in [6.45, 7) is 4.52. The van der Waals surface area contributed by atoms with E-state index in [1.165, 1.54) is 7.11 Å². The number of carbonyl (C=O) groups is 1. The van der Waals surface area contributed by atoms with Crippen LogP contribution in [0.2, 0.25) is 0 Å². The van der Waals surface area contributed by atoms with E-state index in [4.69, 9.17) is 0 Å². The topological polar surface area (TPSA) is 63.6 Å². The predicted molar refractivity (Wildman–Crippen MR) is 94.4 cm³/mol. The lowest BCUT2D eigenvalue weighted by Crippen LogP contribution is -2.46. The van der Waals surface area contributed by atoms with Gasteiger partial charge < -0.3 is 15.0 Å². The lowest BCUT2D eigenvalue weighted by Gasteiger charge is -2.40. The zero-order valence-electron chi connectivity index (χ0n) is 13.2. The summed E-state index contributed by atoms with van der Waals surface area (Å²) in [5.74, 6) is 0.952. The molecule has 1 aromatic heterocycles. The minimum absolute atomic E-state index is 0.0405. The molecule has 1 fully saturated rings. The minimum Gasteiger partial charge on any atom is -0.453 e. The van der Waals surface area contributed by atoms with Crippen LogP contribution in [0.4, 0.5) is 10.6 Å². The summed E-state index contributed by atoms with van der Waals surface area (Å²) in [5.41, 5.74) is 0.103. The van der Waals surface area contributed by atoms with E-state index in [9.17, 15) is 9.59 Å². The lowest BCUT2D eigenvalue weighted by molar-refractivity contribution is 0.158. The quantitative estimate of drug-likeness (QED) is 0.761. The van der Waals surface area contributed by atoms with Crippen molar-refractivity contribution in [1.82, 2.24) is 9.88 Å². The van der Waals surface area contributed by atoms with Crippen LogP contribution in [-0.2, 0) is 11.8 Å². The van der Waals surface area contributed by atoms with E-state index in [2.05, 4.69) is 44.5 Å². The van der Waals surface area contributed by atoms with Gasteiger partial charge in [-0.2, -0.15) is 0 Å². The van der Waals surface area contributed by atoms with Gasteiger partial charge in [0.2, 0.25) is 0 Å². The maximum absolute atomic E-state index is 12.0. The van der Waals surface area contributed by atoms with Crippen molar-refractivity contribution in [3.05, 3.63) is 26.1 Å². The van der Waals surface area contributed by atoms with Gasteiger partial charge in [-0.3, -0.25) is 9.36 Å². The maximum Gasteiger partial charge on any atom is 0.406 e. The van der Waals surface area contributed by atoms with Crippen LogP contribution in [0, 0.1) is 8.99 Å². The molecule has 1 aliphatic heterocycles. The van der Waals surface area contributed by atoms with Crippen LogP contribution < -0.4 is 15.8 Å². The van der Waals surface area contributed by atoms with Crippen LogP contribution in [0.1, 0.15) is 19.8 Å². The number of hydrogen-bond acceptors (Lipinski definition) is 4. The number of hydrogen-bond donors (Lipinski definition) is 1. The highest BCUT2D eigenvalue weighted by Gasteiger charge is 2.31. The summed E-state index contributed by atoms with van der Waals surface area (Å²) in [6, 6.07) is 3.86. The van der Waals surface area contributed by atoms with Crippen LogP contribution in [0.15, 0.2) is 16.9 Å². The number of alkyl carbamates (subject to hydrolysis) is 1. The molecule has 0 atom stereocenters. The third kappa shape index (κ3) is 3.74. The zero-order chi connectivity index (χ0) is 16.3. The average Bonchev–Trinajstić information content (AvgIpc) is 2.52. The Balaban J connectivity index is 2.02. The Bertz CT molecular complexity index is 607. The highest BCUT2D eigenvalue weighted by Crippen LogP contribution is 2.32. The number of nitrogens with zero attached hydrogens (tertiary/aromatic N) is 2. The number of ether oxygens (including phenoxy) is 1. The van der Waals surface area contributed by atoms with Crippen LogP contribution in [0.25, 0.3) is 0 Å². The van der Waals surface area contributed by atoms with Crippen molar-refractivity contribution in [2.75, 3.05) is 31.6 Å². The highest BCUT2D eigenvalue weighted by atomic mass is 127. The summed E-state index contributed by atoms with van der Waals surface area (Å²) >= 11 is 2.06. The van der Waals surface area contributed by atoms with Gasteiger partial charge in [0.05, 0.1) is 10.7 Å². The van der Waals surface area contributed by atoms with E-state index >= 15 is 0 Å². The second kappa shape index (κ2) is 6.89. The van der Waals surface area contributed by atoms with Crippen molar-refractivity contribution in [3.63, 3.8) is 0 Å². The number of anilines is 1. The standard InChI is InChI=1S/C15H22IN3O3/c1-15(10-17-14(21)22-3)6-8-19(9-7-15)12-5-4-11(16)13(20)18(12)2/h4-5H,6-10H2,1-3H3,(H,17,21). The summed E-state index contributed by atoms with van der Waals surface area (Å²) in [4.78, 5) is 25.5. The fraction of sp³-hybridized carbons (Fsp3) is 0.600. The molecule has 0 spiro atoms. The van der Waals surface area contributed by atoms with Crippen LogP contribution >= 0.6 is 22.6 Å². The molecular formula is C15H22IN3O3. The van der Waals surface area contributed by atoms with E-state index < -0.39 is 0 Å². The van der Waals surface area contributed by atoms with Gasteiger partial charge in [0, 0.05) is 26.7 Å². The van der Waals surface area contributed by atoms with E-state index in [-0.39, 0.29) is 17.1 Å². The van der Waals surface area contributed by atoms with Gasteiger partial charge >= 0.3 is 6.09 Å². The molecule has 122 valence electrons. The first-order valence-corrected chi connectivity index (χ1v) is 8.36. The van der Waals surface area contributed by atoms with Crippen molar-refractivity contribution in [2.24, 2.45) is 12.5 Å². The molecule has 22 heavy (non-hydrogen) atoms. The smallest absolute Gasteiger partial charge is 0.406 e. The molecule has 0 saturated carbocycles. The third-order valence-electron chi connectivity index (χ3n) is 4.37. The molecule has 1 aliphatic rings. The first-order valence-electron chi connectivity index (χ1n) is 7.28. The van der Waals surface area contributed by atoms with Gasteiger partial charge in [-0.05, 0) is 53.0 Å². The molecule has 2 rings (SSSR count). The van der Waals surface area contributed by atoms with Crippen molar-refractivity contribution in [2.45, 2.75) is 19.8 Å². The largest absolute Gasteiger partial charge is 0.453 e. The molecule has 0 aliphatic carbocycles. The fourth-order valence-electron chi connectivity index (χ4n) is 2.72. The average molecular weight is 419 g/mol. The van der Waals surface area contributed by atoms with Gasteiger partial charge in [-0.1, -0.05) is 6.92 Å². The number of rotatable bonds is 3. The second-order valence-electron chi connectivity index (χ2n) is 6.05. The van der Waals surface area contributed by atoms with Gasteiger partial charge in [-0.15, -0.1) is 0 Å². The van der Waals surface area contributed by atoms with Crippen LogP contribution in [0.3, 0.4) is 0 Å². The number of pyridine rings is 1. The number of amides is 1. The van der Waals surface area contributed by atoms with Crippen molar-refractivity contribution in [3.8, 4) is 0 Å². The Hall–Kier alpha value is -1.25. The summed E-state index contributed by atoms with van der Waals surface area (Å²) in [7, 11) is 3.18. The first kappa shape index (κ1) is 17.1. The van der Waals surface area contributed by atoms with Crippen LogP contribution in [-0.4, -0.2) is 37.4 Å². The molecule has 1 amide bonds. The van der Waals surface area contributed by atoms with Gasteiger partial charge in [0.25, 0.3) is 5.56 Å². The normalized spacial score (nSPS) is 17.2. The molecule has 0 aromatic carbocycles. The van der Waals surface area contributed by atoms with Crippen molar-refractivity contribution in [1.29, 1.82) is 0 Å². The number of aromatic nitrogens is 1. The predicted octanol–water partition coefficient (Wildman–Crippen LogP) is 1.95. The Morgan fingerprint density at radius 3 is 2.64 bits per heavy atom. The number of carbonyl (C=O) groups excluding carboxylic acids is 1. The number of piperidine rings is 1. The number of halogens is 1. The fourth-order valence-corrected chi connectivity index (χ4v) is 3.26. The molecule has 7 heteroatoms. The first-order chi connectivity index (χ1) is 10.4. The SMILES string of the molecule is COC(=O)NCC1(C)CCN(c2ccc(I)c(=O)n2C)CC1. The third-order valence-corrected chi connectivity index (χ3v) is 5.19. The Morgan fingerprint density at radius 1 is 1.41 bits per heavy atom. The minimum atomic E-state index is -0.385. The van der Waals surface area contributed by atoms with Crippen molar-refractivity contribution < 1.29 is 9.53 Å². The van der Waals surface area contributed by atoms with E-state index in [0.717, 1.165) is 35.3 Å². The molecular weight excluding hydrogens is 397 g/mol. The maximum atomic E-state index is 12.0. The Labute approximate surface area is 144 Å². The summed E-state index contributed by atoms with van der Waals surface area (Å²) < 4.78 is 7.05. The van der Waals surface area contributed by atoms with E-state index in [1.807, 2.05) is 19.2 Å². The summed E-state index contributed by atoms with van der Waals surface area (Å²) in [5, 5.41) is 2.79. The monoisotopic (exact) mass is 419 g/mol. The van der Waals surface area contributed by atoms with E-state index in [1.54, 1.807) is 4.57 Å². The highest BCUT2D eigenvalue weighted by molar-refractivity contribution is 14.1. The van der Waals surface area contributed by atoms with Crippen molar-refractivity contribution >= 4 is 34.5 Å². The molecule has 1 saturated heterocycles. The van der Waals surface area contributed by atoms with Gasteiger partial charge in [0.1, 0.15) is 5.82 Å². The number of nitrogens with one attached hydrogen (secondary N) is 1. The molecule has 0 unspecified atom stereocenters. The van der Waals surface area contributed by atoms with E-state index in [0.29, 0.717) is 6.54 Å². The Morgan fingerprint density at radius 2 is 2.05 bits per heavy atom. The molecule has 6 nitrogen and oxygen atoms in total. The number of methoxy groups -OCH3 is 1. The lowest BCUT2D eigenvalue weighted by atomic mass is 9.80. The van der Waals surface area contributed by atoms with Gasteiger partial charge in [-0.25, -0.2) is 4.79 Å². The molecule has 0 radical (unpaired) electrons. The molecule has 2 heterocycles. The molecule has 1 aromatic rings. The zero-order valence-corrected chi connectivity index (χ0v) is 15.3.